The van der Waals surface area contributed by atoms with Crippen LogP contribution >= 0.6 is 0 Å². The standard InChI is InChI=1S/C33H44F4N6.C2H6/c1-8-23(29-41-30(42(29)7)24-11-12-24)14-26(22(5)27(34)35)40-28(38)20(3)15-39-21(4)10-13-25(9-2)43-18-33(19-43)16-32(6,17-33)31(36)37;1-2/h8-10,13-15,24,27,29,31H,1,11-12,16-19H2,2-7H3,(H2,38,40);1-2H3/b13-10-,20-15+,23-14+,25-9+,26-22-,39-21+;. The van der Waals surface area contributed by atoms with Crippen LogP contribution in [0.1, 0.15) is 74.1 Å². The van der Waals surface area contributed by atoms with E-state index in [1.165, 1.54) is 6.92 Å². The molecule has 2 saturated carbocycles. The van der Waals surface area contributed by atoms with E-state index in [-0.39, 0.29) is 28.7 Å². The number of aliphatic imine (C=N–C) groups is 3. The number of amidine groups is 2. The van der Waals surface area contributed by atoms with Crippen LogP contribution in [0.25, 0.3) is 0 Å². The zero-order valence-corrected chi connectivity index (χ0v) is 28.0. The number of nitrogens with zero attached hydrogens (tertiary/aromatic N) is 5. The van der Waals surface area contributed by atoms with Gasteiger partial charge in [0.2, 0.25) is 6.43 Å². The molecule has 0 bridgehead atoms. The zero-order valence-electron chi connectivity index (χ0n) is 28.0. The summed E-state index contributed by atoms with van der Waals surface area (Å²) >= 11 is 0. The molecule has 0 amide bonds. The van der Waals surface area contributed by atoms with Gasteiger partial charge in [-0.2, -0.15) is 0 Å². The minimum atomic E-state index is -2.70. The van der Waals surface area contributed by atoms with Crippen molar-refractivity contribution in [3.63, 3.8) is 0 Å². The molecule has 1 saturated heterocycles. The smallest absolute Gasteiger partial charge is 0.262 e. The van der Waals surface area contributed by atoms with Crippen molar-refractivity contribution in [1.82, 2.24) is 9.80 Å². The Balaban J connectivity index is 0.00000271. The Labute approximate surface area is 266 Å². The van der Waals surface area contributed by atoms with Gasteiger partial charge in [-0.25, -0.2) is 27.5 Å². The SMILES string of the molecule is C=C\C(=C/C(/N=C(N)/C(C)=C/N=C(C)/C=C\C(=C/C)N1CC2(C1)CC(C)(C(F)F)C2)=C(\C)C(F)F)C1N=C(C2CC2)N1C.CC. The number of likely N-dealkylation sites (tertiary alicyclic amines) is 1. The van der Waals surface area contributed by atoms with Gasteiger partial charge in [-0.1, -0.05) is 39.5 Å². The van der Waals surface area contributed by atoms with Crippen molar-refractivity contribution in [2.24, 2.45) is 37.5 Å². The summed E-state index contributed by atoms with van der Waals surface area (Å²) in [5, 5.41) is 0. The second kappa shape index (κ2) is 14.8. The van der Waals surface area contributed by atoms with Crippen molar-refractivity contribution in [3.05, 3.63) is 71.3 Å². The predicted molar refractivity (Wildman–Crippen MR) is 179 cm³/mol. The van der Waals surface area contributed by atoms with E-state index in [1.807, 2.05) is 53.0 Å². The highest BCUT2D eigenvalue weighted by Gasteiger charge is 2.61. The highest BCUT2D eigenvalue weighted by atomic mass is 19.3. The summed E-state index contributed by atoms with van der Waals surface area (Å²) < 4.78 is 54.0. The van der Waals surface area contributed by atoms with Gasteiger partial charge >= 0.3 is 0 Å². The van der Waals surface area contributed by atoms with Crippen LogP contribution in [0.4, 0.5) is 17.6 Å². The molecule has 6 nitrogen and oxygen atoms in total. The molecule has 10 heteroatoms. The summed E-state index contributed by atoms with van der Waals surface area (Å²) in [4.78, 5) is 17.8. The first-order chi connectivity index (χ1) is 21.2. The Kier molecular flexibility index (Phi) is 11.8. The fraction of sp³-hybridized carbons (Fsp3) is 0.571. The monoisotopic (exact) mass is 630 g/mol. The number of hydrogen-bond acceptors (Lipinski definition) is 5. The molecule has 0 aromatic rings. The van der Waals surface area contributed by atoms with Crippen LogP contribution in [0.15, 0.2) is 86.2 Å². The fourth-order valence-electron chi connectivity index (χ4n) is 6.25. The molecule has 4 rings (SSSR count). The second-order valence-corrected chi connectivity index (χ2v) is 12.8. The zero-order chi connectivity index (χ0) is 33.7. The molecule has 0 radical (unpaired) electrons. The number of rotatable bonds is 12. The number of nitrogens with two attached hydrogens (primary N) is 1. The molecular formula is C35H50F4N6. The van der Waals surface area contributed by atoms with E-state index in [4.69, 9.17) is 5.73 Å². The van der Waals surface area contributed by atoms with E-state index in [9.17, 15) is 17.6 Å². The van der Waals surface area contributed by atoms with Crippen molar-refractivity contribution in [3.8, 4) is 0 Å². The molecule has 1 spiro atoms. The van der Waals surface area contributed by atoms with Crippen molar-refractivity contribution in [1.29, 1.82) is 0 Å². The van der Waals surface area contributed by atoms with E-state index in [1.54, 1.807) is 32.2 Å². The maximum atomic E-state index is 13.7. The van der Waals surface area contributed by atoms with Crippen molar-refractivity contribution >= 4 is 17.4 Å². The fourth-order valence-corrected chi connectivity index (χ4v) is 6.25. The molecule has 2 N–H and O–H groups in total. The van der Waals surface area contributed by atoms with Crippen LogP contribution < -0.4 is 5.73 Å². The van der Waals surface area contributed by atoms with E-state index < -0.39 is 18.3 Å². The largest absolute Gasteiger partial charge is 0.383 e. The molecule has 45 heavy (non-hydrogen) atoms. The molecule has 1 atom stereocenters. The van der Waals surface area contributed by atoms with Gasteiger partial charge in [-0.05, 0) is 77.2 Å². The summed E-state index contributed by atoms with van der Waals surface area (Å²) in [5.41, 5.74) is 8.19. The lowest BCUT2D eigenvalue weighted by Crippen LogP contribution is -2.65. The van der Waals surface area contributed by atoms with Crippen LogP contribution in [0.2, 0.25) is 0 Å². The summed E-state index contributed by atoms with van der Waals surface area (Å²) in [6.45, 7) is 17.9. The van der Waals surface area contributed by atoms with Gasteiger partial charge in [-0.15, -0.1) is 0 Å². The molecule has 0 aromatic carbocycles. The van der Waals surface area contributed by atoms with Crippen LogP contribution in [0.5, 0.6) is 0 Å². The molecule has 2 heterocycles. The maximum absolute atomic E-state index is 13.7. The Morgan fingerprint density at radius 1 is 1.09 bits per heavy atom. The molecule has 3 fully saturated rings. The first-order valence-electron chi connectivity index (χ1n) is 15.8. The van der Waals surface area contributed by atoms with E-state index in [0.717, 1.165) is 37.5 Å². The molecule has 248 valence electrons. The third kappa shape index (κ3) is 8.24. The molecular weight excluding hydrogens is 580 g/mol. The van der Waals surface area contributed by atoms with Gasteiger partial charge in [0.25, 0.3) is 6.43 Å². The van der Waals surface area contributed by atoms with E-state index in [0.29, 0.717) is 35.6 Å². The number of allylic oxidation sites excluding steroid dienone is 5. The first-order valence-corrected chi connectivity index (χ1v) is 15.8. The second-order valence-electron chi connectivity index (χ2n) is 12.8. The van der Waals surface area contributed by atoms with Crippen molar-refractivity contribution in [2.45, 2.75) is 93.2 Å². The predicted octanol–water partition coefficient (Wildman–Crippen LogP) is 8.29. The molecule has 1 unspecified atom stereocenters. The Morgan fingerprint density at radius 3 is 2.20 bits per heavy atom. The number of alkyl halides is 4. The molecule has 2 aliphatic carbocycles. The summed E-state index contributed by atoms with van der Waals surface area (Å²) in [6, 6.07) is 0. The van der Waals surface area contributed by atoms with Gasteiger partial charge in [0.05, 0.1) is 5.70 Å². The van der Waals surface area contributed by atoms with Crippen molar-refractivity contribution in [2.75, 3.05) is 20.1 Å². The summed E-state index contributed by atoms with van der Waals surface area (Å²) in [6.07, 6.45) is 8.72. The van der Waals surface area contributed by atoms with Gasteiger partial charge < -0.3 is 15.5 Å². The number of halogens is 4. The Bertz CT molecular complexity index is 1350. The van der Waals surface area contributed by atoms with E-state index >= 15 is 0 Å². The van der Waals surface area contributed by atoms with Gasteiger partial charge in [0.15, 0.2) is 0 Å². The summed E-state index contributed by atoms with van der Waals surface area (Å²) in [7, 11) is 1.95. The Morgan fingerprint density at radius 2 is 1.71 bits per heavy atom. The summed E-state index contributed by atoms with van der Waals surface area (Å²) in [5.74, 6) is 1.62. The highest BCUT2D eigenvalue weighted by molar-refractivity contribution is 5.98. The lowest BCUT2D eigenvalue weighted by Gasteiger charge is -2.64. The van der Waals surface area contributed by atoms with E-state index in [2.05, 4.69) is 31.4 Å². The van der Waals surface area contributed by atoms with Crippen LogP contribution in [-0.2, 0) is 0 Å². The minimum Gasteiger partial charge on any atom is -0.383 e. The third-order valence-electron chi connectivity index (χ3n) is 8.89. The van der Waals surface area contributed by atoms with Crippen LogP contribution in [0, 0.1) is 16.7 Å². The molecule has 4 aliphatic rings. The van der Waals surface area contributed by atoms with Gasteiger partial charge in [0.1, 0.15) is 17.8 Å². The lowest BCUT2D eigenvalue weighted by atomic mass is 9.50. The number of likely N-dealkylation sites (N-methyl/N-ethyl adjacent to an activating group) is 1. The highest BCUT2D eigenvalue weighted by Crippen LogP contribution is 2.61. The van der Waals surface area contributed by atoms with Gasteiger partial charge in [-0.3, -0.25) is 4.99 Å². The quantitative estimate of drug-likeness (QED) is 0.102. The normalized spacial score (nSPS) is 24.2. The lowest BCUT2D eigenvalue weighted by molar-refractivity contribution is -0.178. The van der Waals surface area contributed by atoms with Gasteiger partial charge in [0, 0.05) is 65.6 Å². The van der Waals surface area contributed by atoms with Crippen LogP contribution in [-0.4, -0.2) is 66.3 Å². The topological polar surface area (TPSA) is 69.6 Å². The third-order valence-corrected chi connectivity index (χ3v) is 8.89. The van der Waals surface area contributed by atoms with Crippen LogP contribution in [0.3, 0.4) is 0 Å². The number of hydrogen-bond donors (Lipinski definition) is 1. The molecule has 2 aliphatic heterocycles. The molecule has 0 aromatic heterocycles. The first kappa shape index (κ1) is 36.0. The minimum absolute atomic E-state index is 0.00524. The average Bonchev–Trinajstić information content (AvgIpc) is 3.81. The average molecular weight is 631 g/mol. The van der Waals surface area contributed by atoms with Crippen molar-refractivity contribution < 1.29 is 17.6 Å². The maximum Gasteiger partial charge on any atom is 0.262 e. The Hall–Kier alpha value is -3.43.